The Morgan fingerprint density at radius 1 is 1.47 bits per heavy atom. The van der Waals surface area contributed by atoms with Crippen molar-refractivity contribution < 1.29 is 9.84 Å². The van der Waals surface area contributed by atoms with Gasteiger partial charge in [-0.2, -0.15) is 0 Å². The average Bonchev–Trinajstić information content (AvgIpc) is 2.96. The Kier molecular flexibility index (Phi) is 6.17. The Morgan fingerprint density at radius 2 is 2.20 bits per heavy atom. The highest BCUT2D eigenvalue weighted by molar-refractivity contribution is 4.72. The van der Waals surface area contributed by atoms with Crippen LogP contribution in [0.5, 0.6) is 0 Å². The third-order valence-electron chi connectivity index (χ3n) is 2.48. The second kappa shape index (κ2) is 7.17. The molecule has 1 atom stereocenters. The number of aliphatic hydroxyl groups is 1. The van der Waals surface area contributed by atoms with Gasteiger partial charge in [-0.1, -0.05) is 0 Å². The largest absolute Gasteiger partial charge is 0.389 e. The Hall–Kier alpha value is -0.160. The number of rotatable bonds is 9. The molecule has 90 valence electrons. The molecule has 0 saturated heterocycles. The number of nitrogens with zero attached hydrogens (tertiary/aromatic N) is 1. The smallest absolute Gasteiger partial charge is 0.0897 e. The minimum Gasteiger partial charge on any atom is -0.389 e. The minimum absolute atomic E-state index is 0.370. The van der Waals surface area contributed by atoms with Gasteiger partial charge in [-0.15, -0.1) is 0 Å². The number of ether oxygens (including phenoxy) is 1. The Morgan fingerprint density at radius 3 is 2.80 bits per heavy atom. The standard InChI is InChI=1S/C11H24N2O2/c1-13(2)6-5-12-7-11(14)9-15-8-10-3-4-10/h10-12,14H,3-9H2,1-2H3. The molecule has 1 rings (SSSR count). The zero-order valence-corrected chi connectivity index (χ0v) is 9.91. The number of hydrogen-bond acceptors (Lipinski definition) is 4. The molecular formula is C11H24N2O2. The van der Waals surface area contributed by atoms with Gasteiger partial charge in [0, 0.05) is 26.2 Å². The molecule has 0 aromatic carbocycles. The molecule has 0 amide bonds. The van der Waals surface area contributed by atoms with Crippen molar-refractivity contribution in [2.45, 2.75) is 18.9 Å². The first-order valence-electron chi connectivity index (χ1n) is 5.79. The fourth-order valence-electron chi connectivity index (χ4n) is 1.29. The van der Waals surface area contributed by atoms with Gasteiger partial charge in [0.1, 0.15) is 0 Å². The maximum atomic E-state index is 9.55. The fraction of sp³-hybridized carbons (Fsp3) is 1.00. The lowest BCUT2D eigenvalue weighted by Crippen LogP contribution is -2.34. The molecule has 0 aromatic rings. The van der Waals surface area contributed by atoms with Gasteiger partial charge in [0.2, 0.25) is 0 Å². The molecule has 4 nitrogen and oxygen atoms in total. The summed E-state index contributed by atoms with van der Waals surface area (Å²) in [4.78, 5) is 2.11. The van der Waals surface area contributed by atoms with Gasteiger partial charge < -0.3 is 20.1 Å². The molecule has 0 spiro atoms. The summed E-state index contributed by atoms with van der Waals surface area (Å²) in [6.07, 6.45) is 2.24. The zero-order chi connectivity index (χ0) is 11.1. The van der Waals surface area contributed by atoms with Gasteiger partial charge in [-0.3, -0.25) is 0 Å². The lowest BCUT2D eigenvalue weighted by atomic mass is 10.3. The third-order valence-corrected chi connectivity index (χ3v) is 2.48. The van der Waals surface area contributed by atoms with Crippen LogP contribution in [0.4, 0.5) is 0 Å². The number of nitrogens with one attached hydrogen (secondary N) is 1. The highest BCUT2D eigenvalue weighted by Gasteiger charge is 2.21. The molecule has 4 heteroatoms. The predicted octanol–water partition coefficient (Wildman–Crippen LogP) is -0.0749. The molecule has 1 fully saturated rings. The summed E-state index contributed by atoms with van der Waals surface area (Å²) in [5.41, 5.74) is 0. The van der Waals surface area contributed by atoms with Crippen LogP contribution < -0.4 is 5.32 Å². The van der Waals surface area contributed by atoms with Crippen molar-refractivity contribution in [2.24, 2.45) is 5.92 Å². The predicted molar refractivity (Wildman–Crippen MR) is 61.0 cm³/mol. The summed E-state index contributed by atoms with van der Waals surface area (Å²) in [6, 6.07) is 0. The summed E-state index contributed by atoms with van der Waals surface area (Å²) in [5, 5.41) is 12.7. The van der Waals surface area contributed by atoms with E-state index in [2.05, 4.69) is 10.2 Å². The molecule has 0 aliphatic heterocycles. The molecule has 0 heterocycles. The topological polar surface area (TPSA) is 44.7 Å². The first-order chi connectivity index (χ1) is 7.18. The van der Waals surface area contributed by atoms with Gasteiger partial charge in [-0.25, -0.2) is 0 Å². The van der Waals surface area contributed by atoms with Crippen LogP contribution in [0.25, 0.3) is 0 Å². The third kappa shape index (κ3) is 7.73. The van der Waals surface area contributed by atoms with Gasteiger partial charge >= 0.3 is 0 Å². The molecule has 0 aromatic heterocycles. The van der Waals surface area contributed by atoms with Gasteiger partial charge in [0.25, 0.3) is 0 Å². The number of likely N-dealkylation sites (N-methyl/N-ethyl adjacent to an activating group) is 1. The molecular weight excluding hydrogens is 192 g/mol. The van der Waals surface area contributed by atoms with Crippen molar-refractivity contribution >= 4 is 0 Å². The molecule has 1 unspecified atom stereocenters. The molecule has 0 bridgehead atoms. The maximum Gasteiger partial charge on any atom is 0.0897 e. The normalized spacial score (nSPS) is 18.4. The van der Waals surface area contributed by atoms with E-state index < -0.39 is 0 Å². The minimum atomic E-state index is -0.370. The second-order valence-corrected chi connectivity index (χ2v) is 4.64. The number of aliphatic hydroxyl groups excluding tert-OH is 1. The highest BCUT2D eigenvalue weighted by atomic mass is 16.5. The van der Waals surface area contributed by atoms with Crippen LogP contribution in [-0.2, 0) is 4.74 Å². The van der Waals surface area contributed by atoms with Crippen molar-refractivity contribution in [3.63, 3.8) is 0 Å². The van der Waals surface area contributed by atoms with Crippen molar-refractivity contribution in [3.8, 4) is 0 Å². The lowest BCUT2D eigenvalue weighted by Gasteiger charge is -2.14. The lowest BCUT2D eigenvalue weighted by molar-refractivity contribution is 0.0325. The van der Waals surface area contributed by atoms with E-state index in [1.807, 2.05) is 14.1 Å². The van der Waals surface area contributed by atoms with E-state index in [0.717, 1.165) is 25.6 Å². The summed E-state index contributed by atoms with van der Waals surface area (Å²) < 4.78 is 5.40. The highest BCUT2D eigenvalue weighted by Crippen LogP contribution is 2.28. The van der Waals surface area contributed by atoms with Crippen molar-refractivity contribution in [2.75, 3.05) is 46.9 Å². The first-order valence-corrected chi connectivity index (χ1v) is 5.79. The summed E-state index contributed by atoms with van der Waals surface area (Å²) >= 11 is 0. The van der Waals surface area contributed by atoms with Crippen LogP contribution in [0.1, 0.15) is 12.8 Å². The van der Waals surface area contributed by atoms with Crippen molar-refractivity contribution in [1.82, 2.24) is 10.2 Å². The maximum absolute atomic E-state index is 9.55. The molecule has 1 saturated carbocycles. The van der Waals surface area contributed by atoms with E-state index in [1.54, 1.807) is 0 Å². The molecule has 1 aliphatic carbocycles. The quantitative estimate of drug-likeness (QED) is 0.529. The van der Waals surface area contributed by atoms with E-state index >= 15 is 0 Å². The summed E-state index contributed by atoms with van der Waals surface area (Å²) in [7, 11) is 4.08. The Balaban J connectivity index is 1.81. The van der Waals surface area contributed by atoms with Crippen LogP contribution in [0.15, 0.2) is 0 Å². The van der Waals surface area contributed by atoms with Gasteiger partial charge in [-0.05, 0) is 32.9 Å². The van der Waals surface area contributed by atoms with Crippen LogP contribution >= 0.6 is 0 Å². The molecule has 2 N–H and O–H groups in total. The monoisotopic (exact) mass is 216 g/mol. The van der Waals surface area contributed by atoms with Crippen LogP contribution in [-0.4, -0.2) is 63.1 Å². The zero-order valence-electron chi connectivity index (χ0n) is 9.91. The van der Waals surface area contributed by atoms with Gasteiger partial charge in [0.05, 0.1) is 12.7 Å². The second-order valence-electron chi connectivity index (χ2n) is 4.64. The van der Waals surface area contributed by atoms with Crippen LogP contribution in [0, 0.1) is 5.92 Å². The van der Waals surface area contributed by atoms with Crippen LogP contribution in [0.2, 0.25) is 0 Å². The molecule has 0 radical (unpaired) electrons. The molecule has 15 heavy (non-hydrogen) atoms. The van der Waals surface area contributed by atoms with E-state index in [9.17, 15) is 5.11 Å². The van der Waals surface area contributed by atoms with E-state index in [4.69, 9.17) is 4.74 Å². The summed E-state index contributed by atoms with van der Waals surface area (Å²) in [5.74, 6) is 0.777. The summed E-state index contributed by atoms with van der Waals surface area (Å²) in [6.45, 7) is 3.82. The fourth-order valence-corrected chi connectivity index (χ4v) is 1.29. The van der Waals surface area contributed by atoms with E-state index in [0.29, 0.717) is 13.2 Å². The van der Waals surface area contributed by atoms with E-state index in [-0.39, 0.29) is 6.10 Å². The Bertz CT molecular complexity index is 161. The SMILES string of the molecule is CN(C)CCNCC(O)COCC1CC1. The average molecular weight is 216 g/mol. The van der Waals surface area contributed by atoms with Crippen molar-refractivity contribution in [3.05, 3.63) is 0 Å². The number of hydrogen-bond donors (Lipinski definition) is 2. The molecule has 1 aliphatic rings. The van der Waals surface area contributed by atoms with E-state index in [1.165, 1.54) is 12.8 Å². The van der Waals surface area contributed by atoms with Crippen LogP contribution in [0.3, 0.4) is 0 Å². The van der Waals surface area contributed by atoms with Gasteiger partial charge in [0.15, 0.2) is 0 Å². The Labute approximate surface area is 92.6 Å². The first kappa shape index (κ1) is 12.9. The van der Waals surface area contributed by atoms with Crippen molar-refractivity contribution in [1.29, 1.82) is 0 Å².